The number of hydrogen-bond donors (Lipinski definition) is 5. The summed E-state index contributed by atoms with van der Waals surface area (Å²) < 4.78 is 38.6. The van der Waals surface area contributed by atoms with Crippen LogP contribution in [0.3, 0.4) is 0 Å². The van der Waals surface area contributed by atoms with E-state index in [0.29, 0.717) is 65.2 Å². The zero-order valence-electron chi connectivity index (χ0n) is 37.4. The first-order valence-corrected chi connectivity index (χ1v) is 21.6. The van der Waals surface area contributed by atoms with Crippen molar-refractivity contribution >= 4 is 70.0 Å². The van der Waals surface area contributed by atoms with Crippen molar-refractivity contribution in [2.45, 2.75) is 77.5 Å². The van der Waals surface area contributed by atoms with E-state index in [9.17, 15) is 24.3 Å². The number of likely N-dealkylation sites (N-methyl/N-ethyl adjacent to an activating group) is 2. The molecule has 6 heterocycles. The minimum atomic E-state index is -1.39. The summed E-state index contributed by atoms with van der Waals surface area (Å²) >= 11 is 0. The number of fused-ring (bicyclic) bond motifs is 2. The number of nitrogens with two attached hydrogens (primary N) is 4. The molecule has 2 atom stereocenters. The highest BCUT2D eigenvalue weighted by Gasteiger charge is 2.32. The van der Waals surface area contributed by atoms with Gasteiger partial charge in [0.2, 0.25) is 22.8 Å². The average Bonchev–Trinajstić information content (AvgIpc) is 3.99. The molecule has 9 N–H and O–H groups in total. The standard InChI is InChI=1S/C42H56F2N16O6/c1-5-57-21-28(38(64)65)32(62)26-17-29(43)36(51-34(26)57)59-15-11-24(19-59)55(3)41(47)53-39(45)49-13-9-7-8-10-14-50-40(46)54-42(48)56(4)25-12-16-60(20-25)37-30(44)18-27-33(63)31(66-23-61)22-58(6-2)35(27)52-37/h17-18,21-25H,5-16,19-20H2,1-4H3,(H,64,65)(H4,45,47,49,53)(H4,46,48,50,54). The number of aromatic carboxylic acids is 1. The lowest BCUT2D eigenvalue weighted by atomic mass is 10.2. The first-order valence-electron chi connectivity index (χ1n) is 21.6. The number of halogens is 2. The van der Waals surface area contributed by atoms with Gasteiger partial charge >= 0.3 is 5.97 Å². The van der Waals surface area contributed by atoms with Gasteiger partial charge in [0, 0.05) is 72.7 Å². The van der Waals surface area contributed by atoms with E-state index in [-0.39, 0.29) is 81.8 Å². The summed E-state index contributed by atoms with van der Waals surface area (Å²) in [5, 5.41) is 9.34. The zero-order valence-corrected chi connectivity index (χ0v) is 37.4. The average molecular weight is 919 g/mol. The summed E-state index contributed by atoms with van der Waals surface area (Å²) in [7, 11) is 3.54. The van der Waals surface area contributed by atoms with Crippen molar-refractivity contribution in [3.63, 3.8) is 0 Å². The van der Waals surface area contributed by atoms with Crippen molar-refractivity contribution in [3.05, 3.63) is 62.2 Å². The number of unbranched alkanes of at least 4 members (excludes halogenated alkanes) is 3. The number of rotatable bonds is 16. The SMILES string of the molecule is CCn1cc(OC=O)c(=O)c2cc(F)c(N3CCC(N(C)/C(N)=N/C(N)=NCCCCCCN=C(N)/N=C(\N)N(C)C4CCN(c5nc6c(cc5F)c(=O)c(C(=O)O)cn6CC)C4)C3)nc21. The van der Waals surface area contributed by atoms with Gasteiger partial charge in [-0.3, -0.25) is 24.4 Å². The van der Waals surface area contributed by atoms with Crippen molar-refractivity contribution in [2.24, 2.45) is 42.9 Å². The predicted octanol–water partition coefficient (Wildman–Crippen LogP) is 1.20. The first kappa shape index (κ1) is 48.1. The number of aromatic nitrogens is 4. The third kappa shape index (κ3) is 10.6. The van der Waals surface area contributed by atoms with E-state index in [0.717, 1.165) is 37.8 Å². The van der Waals surface area contributed by atoms with Crippen LogP contribution in [0.4, 0.5) is 20.4 Å². The monoisotopic (exact) mass is 918 g/mol. The highest BCUT2D eigenvalue weighted by molar-refractivity contribution is 5.94. The second-order valence-electron chi connectivity index (χ2n) is 15.9. The maximum Gasteiger partial charge on any atom is 0.341 e. The number of nitrogens with zero attached hydrogens (tertiary/aromatic N) is 12. The van der Waals surface area contributed by atoms with E-state index < -0.39 is 34.0 Å². The molecule has 4 aromatic heterocycles. The lowest BCUT2D eigenvalue weighted by molar-refractivity contribution is -0.120. The fourth-order valence-corrected chi connectivity index (χ4v) is 8.04. The molecule has 22 nitrogen and oxygen atoms in total. The van der Waals surface area contributed by atoms with Crippen molar-refractivity contribution < 1.29 is 28.2 Å². The van der Waals surface area contributed by atoms with Gasteiger partial charge in [-0.05, 0) is 51.7 Å². The van der Waals surface area contributed by atoms with Crippen molar-refractivity contribution in [3.8, 4) is 5.75 Å². The molecule has 2 fully saturated rings. The van der Waals surface area contributed by atoms with E-state index in [1.54, 1.807) is 45.2 Å². The molecule has 2 aliphatic heterocycles. The lowest BCUT2D eigenvalue weighted by Gasteiger charge is -2.26. The molecule has 66 heavy (non-hydrogen) atoms. The summed E-state index contributed by atoms with van der Waals surface area (Å²) in [5.41, 5.74) is 23.3. The Morgan fingerprint density at radius 2 is 1.24 bits per heavy atom. The molecule has 0 spiro atoms. The largest absolute Gasteiger partial charge is 0.477 e. The minimum Gasteiger partial charge on any atom is -0.477 e. The van der Waals surface area contributed by atoms with Crippen LogP contribution in [0.15, 0.2) is 54.1 Å². The van der Waals surface area contributed by atoms with Gasteiger partial charge in [-0.2, -0.15) is 9.98 Å². The second-order valence-corrected chi connectivity index (χ2v) is 15.9. The van der Waals surface area contributed by atoms with Crippen LogP contribution >= 0.6 is 0 Å². The van der Waals surface area contributed by atoms with E-state index in [1.165, 1.54) is 17.0 Å². The molecule has 2 saturated heterocycles. The zero-order chi connectivity index (χ0) is 47.8. The Morgan fingerprint density at radius 3 is 1.68 bits per heavy atom. The minimum absolute atomic E-state index is 0.00807. The molecule has 0 bridgehead atoms. The molecule has 354 valence electrons. The molecule has 0 radical (unpaired) electrons. The number of carboxylic acids is 1. The molecule has 2 aliphatic rings. The van der Waals surface area contributed by atoms with Crippen molar-refractivity contribution in [1.29, 1.82) is 0 Å². The van der Waals surface area contributed by atoms with Gasteiger partial charge in [0.25, 0.3) is 6.47 Å². The van der Waals surface area contributed by atoms with Gasteiger partial charge in [-0.15, -0.1) is 0 Å². The van der Waals surface area contributed by atoms with Gasteiger partial charge in [0.05, 0.1) is 29.1 Å². The number of hydrogen-bond acceptors (Lipinski definition) is 11. The number of aliphatic imine (C=N–C) groups is 4. The molecule has 2 unspecified atom stereocenters. The number of anilines is 2. The van der Waals surface area contributed by atoms with Crippen LogP contribution in [0.2, 0.25) is 0 Å². The number of aryl methyl sites for hydroxylation is 2. The normalized spacial score (nSPS) is 17.3. The number of pyridine rings is 4. The summed E-state index contributed by atoms with van der Waals surface area (Å²) in [5.74, 6) is -2.48. The van der Waals surface area contributed by atoms with Crippen LogP contribution < -0.4 is 48.3 Å². The van der Waals surface area contributed by atoms with E-state index in [1.807, 2.05) is 6.92 Å². The fourth-order valence-electron chi connectivity index (χ4n) is 8.04. The Morgan fingerprint density at radius 1 is 0.788 bits per heavy atom. The molecule has 0 amide bonds. The summed E-state index contributed by atoms with van der Waals surface area (Å²) in [6.45, 7) is 7.05. The molecule has 0 saturated carbocycles. The smallest absolute Gasteiger partial charge is 0.341 e. The summed E-state index contributed by atoms with van der Waals surface area (Å²) in [6, 6.07) is 1.88. The first-order chi connectivity index (χ1) is 31.6. The molecular formula is C42H56F2N16O6. The number of guanidine groups is 4. The van der Waals surface area contributed by atoms with E-state index >= 15 is 8.78 Å². The highest BCUT2D eigenvalue weighted by atomic mass is 19.1. The van der Waals surface area contributed by atoms with E-state index in [4.69, 9.17) is 27.7 Å². The van der Waals surface area contributed by atoms with Crippen LogP contribution in [-0.2, 0) is 17.9 Å². The molecule has 0 aliphatic carbocycles. The summed E-state index contributed by atoms with van der Waals surface area (Å²) in [6.07, 6.45) is 7.05. The highest BCUT2D eigenvalue weighted by Crippen LogP contribution is 2.28. The molecular weight excluding hydrogens is 863 g/mol. The number of ether oxygens (including phenoxy) is 1. The van der Waals surface area contributed by atoms with Gasteiger partial charge in [0.15, 0.2) is 40.9 Å². The number of carbonyl (C=O) groups is 2. The Kier molecular flexibility index (Phi) is 15.3. The van der Waals surface area contributed by atoms with Crippen LogP contribution in [-0.4, -0.2) is 136 Å². The maximum atomic E-state index is 15.4. The van der Waals surface area contributed by atoms with Gasteiger partial charge in [-0.25, -0.2) is 23.5 Å². The third-order valence-corrected chi connectivity index (χ3v) is 11.8. The quantitative estimate of drug-likeness (QED) is 0.0457. The van der Waals surface area contributed by atoms with Gasteiger partial charge < -0.3 is 61.5 Å². The Balaban J connectivity index is 0.926. The van der Waals surface area contributed by atoms with Crippen LogP contribution in [0.5, 0.6) is 5.75 Å². The van der Waals surface area contributed by atoms with E-state index in [2.05, 4.69) is 29.9 Å². The topological polar surface area (TPSA) is 300 Å². The molecule has 0 aromatic carbocycles. The molecule has 6 rings (SSSR count). The van der Waals surface area contributed by atoms with Crippen LogP contribution in [0.25, 0.3) is 22.1 Å². The van der Waals surface area contributed by atoms with Crippen LogP contribution in [0.1, 0.15) is 62.7 Å². The fraction of sp³-hybridized carbons (Fsp3) is 0.476. The van der Waals surface area contributed by atoms with Gasteiger partial charge in [0.1, 0.15) is 16.9 Å². The van der Waals surface area contributed by atoms with Crippen LogP contribution in [0, 0.1) is 11.6 Å². The molecule has 24 heteroatoms. The predicted molar refractivity (Wildman–Crippen MR) is 248 cm³/mol. The van der Waals surface area contributed by atoms with Gasteiger partial charge in [-0.1, -0.05) is 12.8 Å². The number of carboxylic acid groups (broad SMARTS) is 1. The Bertz CT molecular complexity index is 2720. The Labute approximate surface area is 377 Å². The third-order valence-electron chi connectivity index (χ3n) is 11.8. The second kappa shape index (κ2) is 21.1. The van der Waals surface area contributed by atoms with Crippen molar-refractivity contribution in [1.82, 2.24) is 28.9 Å². The lowest BCUT2D eigenvalue weighted by Crippen LogP contribution is -2.44. The number of carbonyl (C=O) groups excluding carboxylic acids is 1. The van der Waals surface area contributed by atoms with Crippen molar-refractivity contribution in [2.75, 3.05) is 63.2 Å². The maximum absolute atomic E-state index is 15.4. The summed E-state index contributed by atoms with van der Waals surface area (Å²) in [4.78, 5) is 81.2. The molecule has 4 aromatic rings. The Hall–Kier alpha value is -7.40.